The first-order valence-corrected chi connectivity index (χ1v) is 10.0. The standard InChI is InChI=1S/C23H28NO6/c1-24(2)8-7-15-10-21-23(30-13-29-21)16(12-25)22(15)17(24)11-18(26)14-5-6-19(27-3)20(9-14)28-4/h5-6,9-10,17,25H,7-8,11-13H2,1-4H3/q+1. The lowest BCUT2D eigenvalue weighted by atomic mass is 9.83. The highest BCUT2D eigenvalue weighted by molar-refractivity contribution is 5.97. The number of nitrogens with zero attached hydrogens (tertiary/aromatic N) is 1. The molecule has 2 aliphatic heterocycles. The molecule has 30 heavy (non-hydrogen) atoms. The van der Waals surface area contributed by atoms with Crippen molar-refractivity contribution >= 4 is 5.78 Å². The highest BCUT2D eigenvalue weighted by atomic mass is 16.7. The van der Waals surface area contributed by atoms with Gasteiger partial charge >= 0.3 is 0 Å². The van der Waals surface area contributed by atoms with Gasteiger partial charge in [0.05, 0.1) is 47.9 Å². The van der Waals surface area contributed by atoms with Crippen molar-refractivity contribution in [1.82, 2.24) is 0 Å². The van der Waals surface area contributed by atoms with Crippen LogP contribution in [-0.4, -0.2) is 57.0 Å². The van der Waals surface area contributed by atoms with Crippen molar-refractivity contribution in [3.8, 4) is 23.0 Å². The maximum atomic E-state index is 13.3. The van der Waals surface area contributed by atoms with Gasteiger partial charge in [-0.2, -0.15) is 0 Å². The summed E-state index contributed by atoms with van der Waals surface area (Å²) in [7, 11) is 7.38. The number of fused-ring (bicyclic) bond motifs is 2. The van der Waals surface area contributed by atoms with Gasteiger partial charge in [-0.05, 0) is 29.8 Å². The smallest absolute Gasteiger partial charge is 0.231 e. The maximum absolute atomic E-state index is 13.3. The summed E-state index contributed by atoms with van der Waals surface area (Å²) in [6.07, 6.45) is 1.16. The molecular formula is C23H28NO6+. The molecule has 2 aliphatic rings. The minimum atomic E-state index is -0.157. The van der Waals surface area contributed by atoms with Crippen molar-refractivity contribution in [1.29, 1.82) is 0 Å². The fraction of sp³-hybridized carbons (Fsp3) is 0.435. The van der Waals surface area contributed by atoms with E-state index in [0.29, 0.717) is 39.5 Å². The lowest BCUT2D eigenvalue weighted by molar-refractivity contribution is -0.922. The zero-order valence-electron chi connectivity index (χ0n) is 17.9. The van der Waals surface area contributed by atoms with E-state index in [0.717, 1.165) is 29.7 Å². The highest BCUT2D eigenvalue weighted by Crippen LogP contribution is 2.47. The van der Waals surface area contributed by atoms with Gasteiger partial charge in [-0.15, -0.1) is 0 Å². The summed E-state index contributed by atoms with van der Waals surface area (Å²) in [5.74, 6) is 2.40. The number of Topliss-reactive ketones (excluding diaryl/α,β-unsaturated/α-hetero) is 1. The summed E-state index contributed by atoms with van der Waals surface area (Å²) in [6, 6.07) is 7.13. The number of quaternary nitrogens is 1. The van der Waals surface area contributed by atoms with E-state index in [1.54, 1.807) is 32.4 Å². The lowest BCUT2D eigenvalue weighted by Crippen LogP contribution is -2.49. The molecule has 7 nitrogen and oxygen atoms in total. The number of hydrogen-bond donors (Lipinski definition) is 1. The van der Waals surface area contributed by atoms with Gasteiger partial charge < -0.3 is 28.5 Å². The van der Waals surface area contributed by atoms with Crippen LogP contribution in [0.15, 0.2) is 24.3 Å². The Morgan fingerprint density at radius 2 is 1.93 bits per heavy atom. The molecule has 2 aromatic rings. The van der Waals surface area contributed by atoms with Gasteiger partial charge in [-0.3, -0.25) is 4.79 Å². The average Bonchev–Trinajstić information content (AvgIpc) is 3.21. The summed E-state index contributed by atoms with van der Waals surface area (Å²) >= 11 is 0. The molecule has 0 aromatic heterocycles. The molecule has 0 saturated carbocycles. The number of hydrogen-bond acceptors (Lipinski definition) is 6. The Kier molecular flexibility index (Phi) is 5.34. The molecule has 0 bridgehead atoms. The van der Waals surface area contributed by atoms with Gasteiger partial charge in [0.2, 0.25) is 6.79 Å². The molecule has 0 spiro atoms. The number of benzene rings is 2. The van der Waals surface area contributed by atoms with E-state index in [2.05, 4.69) is 14.1 Å². The minimum Gasteiger partial charge on any atom is -0.493 e. The van der Waals surface area contributed by atoms with Crippen LogP contribution in [0.1, 0.15) is 39.5 Å². The normalized spacial score (nSPS) is 18.6. The molecule has 4 rings (SSSR count). The van der Waals surface area contributed by atoms with Crippen LogP contribution in [-0.2, 0) is 13.0 Å². The number of likely N-dealkylation sites (N-methyl/N-ethyl adjacent to an activating group) is 1. The van der Waals surface area contributed by atoms with Crippen molar-refractivity contribution in [2.24, 2.45) is 0 Å². The fourth-order valence-electron chi connectivity index (χ4n) is 4.53. The zero-order valence-corrected chi connectivity index (χ0v) is 17.9. The predicted octanol–water partition coefficient (Wildman–Crippen LogP) is 2.87. The Morgan fingerprint density at radius 1 is 1.17 bits per heavy atom. The molecule has 1 atom stereocenters. The third-order valence-electron chi connectivity index (χ3n) is 6.27. The zero-order chi connectivity index (χ0) is 21.5. The number of carbonyl (C=O) groups excluding carboxylic acids is 1. The Hall–Kier alpha value is -2.77. The molecule has 0 radical (unpaired) electrons. The Bertz CT molecular complexity index is 984. The molecule has 2 aromatic carbocycles. The molecule has 0 amide bonds. The van der Waals surface area contributed by atoms with E-state index < -0.39 is 0 Å². The minimum absolute atomic E-state index is 0.0153. The van der Waals surface area contributed by atoms with Crippen LogP contribution in [0.5, 0.6) is 23.0 Å². The van der Waals surface area contributed by atoms with Crippen LogP contribution < -0.4 is 18.9 Å². The molecule has 160 valence electrons. The van der Waals surface area contributed by atoms with Crippen LogP contribution >= 0.6 is 0 Å². The Balaban J connectivity index is 1.73. The Morgan fingerprint density at radius 3 is 2.63 bits per heavy atom. The van der Waals surface area contributed by atoms with Crippen molar-refractivity contribution in [2.75, 3.05) is 41.7 Å². The van der Waals surface area contributed by atoms with Gasteiger partial charge in [-0.25, -0.2) is 0 Å². The largest absolute Gasteiger partial charge is 0.493 e. The van der Waals surface area contributed by atoms with Crippen molar-refractivity contribution in [2.45, 2.75) is 25.5 Å². The molecule has 0 saturated heterocycles. The second-order valence-electron chi connectivity index (χ2n) is 8.28. The lowest BCUT2D eigenvalue weighted by Gasteiger charge is -2.43. The van der Waals surface area contributed by atoms with Crippen LogP contribution in [0, 0.1) is 0 Å². The average molecular weight is 414 g/mol. The van der Waals surface area contributed by atoms with E-state index in [-0.39, 0.29) is 25.2 Å². The summed E-state index contributed by atoms with van der Waals surface area (Å²) in [4.78, 5) is 13.3. The monoisotopic (exact) mass is 414 g/mol. The molecule has 1 unspecified atom stereocenters. The Labute approximate surface area is 176 Å². The number of methoxy groups -OCH3 is 2. The first-order chi connectivity index (χ1) is 14.4. The number of ether oxygens (including phenoxy) is 4. The van der Waals surface area contributed by atoms with Crippen LogP contribution in [0.4, 0.5) is 0 Å². The van der Waals surface area contributed by atoms with Crippen molar-refractivity contribution in [3.05, 3.63) is 46.5 Å². The number of aliphatic hydroxyl groups excluding tert-OH is 1. The third kappa shape index (κ3) is 3.38. The molecule has 1 N–H and O–H groups in total. The van der Waals surface area contributed by atoms with Crippen molar-refractivity contribution in [3.63, 3.8) is 0 Å². The van der Waals surface area contributed by atoms with Gasteiger partial charge in [0.25, 0.3) is 0 Å². The van der Waals surface area contributed by atoms with E-state index >= 15 is 0 Å². The van der Waals surface area contributed by atoms with Crippen LogP contribution in [0.2, 0.25) is 0 Å². The quantitative estimate of drug-likeness (QED) is 0.579. The van der Waals surface area contributed by atoms with Gasteiger partial charge in [0, 0.05) is 23.1 Å². The molecule has 2 heterocycles. The maximum Gasteiger partial charge on any atom is 0.231 e. The fourth-order valence-corrected chi connectivity index (χ4v) is 4.53. The van der Waals surface area contributed by atoms with Crippen LogP contribution in [0.25, 0.3) is 0 Å². The van der Waals surface area contributed by atoms with E-state index in [4.69, 9.17) is 18.9 Å². The summed E-state index contributed by atoms with van der Waals surface area (Å²) in [5.41, 5.74) is 3.43. The highest BCUT2D eigenvalue weighted by Gasteiger charge is 2.41. The second kappa shape index (κ2) is 7.81. The van der Waals surface area contributed by atoms with Crippen molar-refractivity contribution < 1.29 is 33.3 Å². The van der Waals surface area contributed by atoms with E-state index in [1.807, 2.05) is 6.07 Å². The molecule has 0 fully saturated rings. The summed E-state index contributed by atoms with van der Waals surface area (Å²) < 4.78 is 22.5. The van der Waals surface area contributed by atoms with Gasteiger partial charge in [0.1, 0.15) is 6.04 Å². The summed E-state index contributed by atoms with van der Waals surface area (Å²) in [5, 5.41) is 10.2. The number of ketones is 1. The first kappa shape index (κ1) is 20.5. The van der Waals surface area contributed by atoms with E-state index in [1.165, 1.54) is 0 Å². The van der Waals surface area contributed by atoms with Gasteiger partial charge in [-0.1, -0.05) is 0 Å². The predicted molar refractivity (Wildman–Crippen MR) is 110 cm³/mol. The van der Waals surface area contributed by atoms with Crippen LogP contribution in [0.3, 0.4) is 0 Å². The number of rotatable bonds is 6. The first-order valence-electron chi connectivity index (χ1n) is 10.0. The second-order valence-corrected chi connectivity index (χ2v) is 8.28. The van der Waals surface area contributed by atoms with Gasteiger partial charge in [0.15, 0.2) is 28.8 Å². The molecule has 0 aliphatic carbocycles. The molecular weight excluding hydrogens is 386 g/mol. The number of aliphatic hydroxyl groups is 1. The third-order valence-corrected chi connectivity index (χ3v) is 6.27. The summed E-state index contributed by atoms with van der Waals surface area (Å²) in [6.45, 7) is 0.885. The van der Waals surface area contributed by atoms with E-state index in [9.17, 15) is 9.90 Å². The SMILES string of the molecule is COc1ccc(C(=O)CC2c3c(cc4c(c3CO)OCO4)CC[N+]2(C)C)cc1OC. The topological polar surface area (TPSA) is 74.2 Å². The molecule has 7 heteroatoms. The number of carbonyl (C=O) groups is 1.